The molecule has 6 rings (SSSR count). The number of carbonyl (C=O) groups is 2. The molecule has 0 saturated carbocycles. The summed E-state index contributed by atoms with van der Waals surface area (Å²) in [5.74, 6) is 2.00. The van der Waals surface area contributed by atoms with Crippen LogP contribution in [0.15, 0.2) is 64.9 Å². The fourth-order valence-electron chi connectivity index (χ4n) is 5.46. The molecule has 4 aromatic rings. The smallest absolute Gasteiger partial charge is 0.303 e. The first-order chi connectivity index (χ1) is 20.4. The molecule has 2 aliphatic rings. The highest BCUT2D eigenvalue weighted by Crippen LogP contribution is 2.43. The molecule has 42 heavy (non-hydrogen) atoms. The monoisotopic (exact) mass is 603 g/mol. The van der Waals surface area contributed by atoms with Crippen molar-refractivity contribution in [3.8, 4) is 11.5 Å². The minimum Gasteiger partial charge on any atom is -0.456 e. The number of fused-ring (bicyclic) bond motifs is 2. The summed E-state index contributed by atoms with van der Waals surface area (Å²) >= 11 is 2.76. The molecule has 216 valence electrons. The Morgan fingerprint density at radius 3 is 2.62 bits per heavy atom. The molecule has 11 nitrogen and oxygen atoms in total. The maximum atomic E-state index is 12.7. The van der Waals surface area contributed by atoms with Gasteiger partial charge in [0.25, 0.3) is 5.91 Å². The number of anilines is 2. The quantitative estimate of drug-likeness (QED) is 0.243. The largest absolute Gasteiger partial charge is 0.456 e. The van der Waals surface area contributed by atoms with Crippen LogP contribution in [-0.4, -0.2) is 59.8 Å². The number of ether oxygens (including phenoxy) is 2. The molecular formula is C29H29N7O4S2. The number of nitrogens with zero attached hydrogens (tertiary/aromatic N) is 6. The number of pyridine rings is 3. The molecule has 2 saturated heterocycles. The number of aryl methyl sites for hydroxylation is 1. The second kappa shape index (κ2) is 12.4. The van der Waals surface area contributed by atoms with Gasteiger partial charge in [0, 0.05) is 66.0 Å². The molecule has 1 amide bonds. The number of hydrogen-bond donors (Lipinski definition) is 1. The lowest BCUT2D eigenvalue weighted by molar-refractivity contribution is -0.152. The molecule has 2 fully saturated rings. The number of amides is 1. The summed E-state index contributed by atoms with van der Waals surface area (Å²) in [5.41, 5.74) is 0.761. The first-order valence-corrected chi connectivity index (χ1v) is 15.3. The van der Waals surface area contributed by atoms with Crippen LogP contribution in [0.3, 0.4) is 0 Å². The van der Waals surface area contributed by atoms with E-state index in [9.17, 15) is 9.59 Å². The average Bonchev–Trinajstić information content (AvgIpc) is 3.56. The van der Waals surface area contributed by atoms with Crippen molar-refractivity contribution >= 4 is 46.1 Å². The Hall–Kier alpha value is -4.10. The first-order valence-electron chi connectivity index (χ1n) is 13.7. The topological polar surface area (TPSA) is 132 Å². The molecular weight excluding hydrogens is 574 g/mol. The number of carbonyl (C=O) groups excluding carboxylic acids is 2. The summed E-state index contributed by atoms with van der Waals surface area (Å²) in [7, 11) is 0. The zero-order chi connectivity index (χ0) is 29.1. The molecule has 2 bridgehead atoms. The Balaban J connectivity index is 1.18. The summed E-state index contributed by atoms with van der Waals surface area (Å²) in [6.07, 6.45) is 8.68. The highest BCUT2D eigenvalue weighted by atomic mass is 32.2. The number of esters is 1. The van der Waals surface area contributed by atoms with Crippen LogP contribution in [0.25, 0.3) is 0 Å². The molecule has 4 aromatic heterocycles. The molecule has 0 radical (unpaired) electrons. The van der Waals surface area contributed by atoms with Crippen molar-refractivity contribution < 1.29 is 19.1 Å². The second-order valence-corrected chi connectivity index (χ2v) is 12.0. The van der Waals surface area contributed by atoms with Crippen molar-refractivity contribution in [3.05, 3.63) is 66.5 Å². The lowest BCUT2D eigenvalue weighted by atomic mass is 9.90. The van der Waals surface area contributed by atoms with Gasteiger partial charge >= 0.3 is 5.97 Å². The van der Waals surface area contributed by atoms with Crippen LogP contribution in [0.5, 0.6) is 11.5 Å². The Bertz CT molecular complexity index is 1570. The van der Waals surface area contributed by atoms with E-state index in [1.165, 1.54) is 30.2 Å². The number of aromatic nitrogens is 5. The molecule has 6 heterocycles. The summed E-state index contributed by atoms with van der Waals surface area (Å²) in [6.45, 7) is 3.00. The maximum absolute atomic E-state index is 12.7. The van der Waals surface area contributed by atoms with E-state index < -0.39 is 5.97 Å². The third kappa shape index (κ3) is 6.36. The molecule has 2 unspecified atom stereocenters. The number of piperidine rings is 1. The molecule has 0 spiro atoms. The van der Waals surface area contributed by atoms with Gasteiger partial charge in [0.05, 0.1) is 5.69 Å². The molecule has 13 heteroatoms. The predicted molar refractivity (Wildman–Crippen MR) is 157 cm³/mol. The third-order valence-electron chi connectivity index (χ3n) is 7.32. The highest BCUT2D eigenvalue weighted by Gasteiger charge is 2.44. The Kier molecular flexibility index (Phi) is 8.29. The second-order valence-electron chi connectivity index (χ2n) is 10.2. The van der Waals surface area contributed by atoms with Gasteiger partial charge in [-0.05, 0) is 56.9 Å². The summed E-state index contributed by atoms with van der Waals surface area (Å²) in [6, 6.07) is 11.6. The van der Waals surface area contributed by atoms with Crippen LogP contribution < -0.4 is 10.1 Å². The molecule has 1 N–H and O–H groups in total. The van der Waals surface area contributed by atoms with Crippen LogP contribution in [0.1, 0.15) is 50.0 Å². The van der Waals surface area contributed by atoms with Crippen LogP contribution in [0, 0.1) is 6.92 Å². The van der Waals surface area contributed by atoms with Gasteiger partial charge in [0.15, 0.2) is 18.2 Å². The summed E-state index contributed by atoms with van der Waals surface area (Å²) < 4.78 is 15.9. The van der Waals surface area contributed by atoms with Crippen molar-refractivity contribution in [1.82, 2.24) is 29.2 Å². The van der Waals surface area contributed by atoms with Crippen molar-refractivity contribution in [3.63, 3.8) is 0 Å². The Morgan fingerprint density at radius 1 is 1.07 bits per heavy atom. The molecule has 2 aliphatic heterocycles. The van der Waals surface area contributed by atoms with Gasteiger partial charge in [-0.15, -0.1) is 0 Å². The van der Waals surface area contributed by atoms with Crippen molar-refractivity contribution in [2.45, 2.75) is 67.5 Å². The van der Waals surface area contributed by atoms with E-state index in [2.05, 4.69) is 24.6 Å². The Labute approximate surface area is 251 Å². The first kappa shape index (κ1) is 28.0. The van der Waals surface area contributed by atoms with E-state index in [0.29, 0.717) is 22.4 Å². The van der Waals surface area contributed by atoms with E-state index in [4.69, 9.17) is 14.5 Å². The summed E-state index contributed by atoms with van der Waals surface area (Å²) in [5, 5.41) is 4.77. The number of nitrogens with one attached hydrogen (secondary N) is 1. The van der Waals surface area contributed by atoms with Gasteiger partial charge in [-0.1, -0.05) is 17.8 Å². The minimum absolute atomic E-state index is 0.102. The maximum Gasteiger partial charge on any atom is 0.303 e. The van der Waals surface area contributed by atoms with Crippen LogP contribution in [-0.2, 0) is 14.3 Å². The van der Waals surface area contributed by atoms with Crippen molar-refractivity contribution in [2.24, 2.45) is 0 Å². The highest BCUT2D eigenvalue weighted by molar-refractivity contribution is 7.99. The van der Waals surface area contributed by atoms with Gasteiger partial charge in [-0.2, -0.15) is 4.37 Å². The molecule has 0 aliphatic carbocycles. The zero-order valence-electron chi connectivity index (χ0n) is 23.1. The van der Waals surface area contributed by atoms with Gasteiger partial charge in [0.2, 0.25) is 5.13 Å². The standard InChI is InChI=1S/C29H29N7O4S2/c1-17-23(6-5-11-30-17)40-24-14-22(41-25-7-3-4-10-31-25)15-32-28(24)34-29-33-27(35-42-29)19-12-20-8-9-21(13-19)36(20)26(38)16-39-18(2)37/h3-7,10-11,14-15,19-21H,8-9,12-13,16H2,1-2H3,(H,32,33,34,35). The van der Waals surface area contributed by atoms with E-state index in [1.807, 2.05) is 48.2 Å². The van der Waals surface area contributed by atoms with E-state index in [-0.39, 0.29) is 30.5 Å². The fraction of sp³-hybridized carbons (Fsp3) is 0.345. The van der Waals surface area contributed by atoms with Gasteiger partial charge in [-0.25, -0.2) is 15.0 Å². The lowest BCUT2D eigenvalue weighted by Crippen LogP contribution is -2.47. The van der Waals surface area contributed by atoms with E-state index in [0.717, 1.165) is 47.1 Å². The summed E-state index contributed by atoms with van der Waals surface area (Å²) in [4.78, 5) is 44.9. The Morgan fingerprint density at radius 2 is 1.88 bits per heavy atom. The zero-order valence-corrected chi connectivity index (χ0v) is 24.7. The normalized spacial score (nSPS) is 19.4. The predicted octanol–water partition coefficient (Wildman–Crippen LogP) is 5.52. The van der Waals surface area contributed by atoms with Gasteiger partial charge in [0.1, 0.15) is 16.6 Å². The van der Waals surface area contributed by atoms with Gasteiger partial charge in [-0.3, -0.25) is 14.6 Å². The molecule has 0 aromatic carbocycles. The van der Waals surface area contributed by atoms with Crippen LogP contribution >= 0.6 is 23.3 Å². The SMILES string of the molecule is CC(=O)OCC(=O)N1C2CCC1CC(c1nsc(Nc3ncc(Sc4ccccn4)cc3Oc3cccnc3C)n1)C2. The van der Waals surface area contributed by atoms with E-state index >= 15 is 0 Å². The van der Waals surface area contributed by atoms with Crippen LogP contribution in [0.2, 0.25) is 0 Å². The molecule has 2 atom stereocenters. The lowest BCUT2D eigenvalue weighted by Gasteiger charge is -2.38. The van der Waals surface area contributed by atoms with Gasteiger partial charge < -0.3 is 19.7 Å². The number of hydrogen-bond acceptors (Lipinski definition) is 12. The third-order valence-corrected chi connectivity index (χ3v) is 8.87. The fourth-order valence-corrected chi connectivity index (χ4v) is 6.88. The van der Waals surface area contributed by atoms with E-state index in [1.54, 1.807) is 18.6 Å². The van der Waals surface area contributed by atoms with Crippen molar-refractivity contribution in [2.75, 3.05) is 11.9 Å². The van der Waals surface area contributed by atoms with Crippen molar-refractivity contribution in [1.29, 1.82) is 0 Å². The van der Waals surface area contributed by atoms with Crippen LogP contribution in [0.4, 0.5) is 10.9 Å². The average molecular weight is 604 g/mol. The minimum atomic E-state index is -0.447. The number of rotatable bonds is 9.